The maximum atomic E-state index is 12.3. The summed E-state index contributed by atoms with van der Waals surface area (Å²) < 4.78 is 5.62. The van der Waals surface area contributed by atoms with Crippen LogP contribution in [0.2, 0.25) is 5.02 Å². The number of carbonyl (C=O) groups is 1. The fourth-order valence-electron chi connectivity index (χ4n) is 1.62. The predicted molar refractivity (Wildman–Crippen MR) is 80.4 cm³/mol. The van der Waals surface area contributed by atoms with Crippen molar-refractivity contribution in [2.45, 2.75) is 39.8 Å². The Balaban J connectivity index is 2.93. The van der Waals surface area contributed by atoms with Crippen molar-refractivity contribution in [2.75, 3.05) is 6.61 Å². The Morgan fingerprint density at radius 2 is 2.00 bits per heavy atom. The first kappa shape index (κ1) is 16.8. The number of ether oxygens (including phenoxy) is 1. The Kier molecular flexibility index (Phi) is 6.30. The Hall–Kier alpha value is -1.26. The Morgan fingerprint density at radius 3 is 2.55 bits per heavy atom. The fraction of sp³-hybridized carbons (Fsp3) is 0.533. The van der Waals surface area contributed by atoms with Crippen molar-refractivity contribution in [2.24, 2.45) is 5.92 Å². The number of halogens is 1. The summed E-state index contributed by atoms with van der Waals surface area (Å²) >= 11 is 5.95. The average Bonchev–Trinajstić information content (AvgIpc) is 2.39. The van der Waals surface area contributed by atoms with Gasteiger partial charge in [-0.15, -0.1) is 0 Å². The summed E-state index contributed by atoms with van der Waals surface area (Å²) in [6, 6.07) is 4.83. The average molecular weight is 300 g/mol. The number of benzene rings is 1. The standard InChI is InChI=1S/C15H22ClNO3/c1-9(2)20-14-6-5-12(16)7-13(14)15(19)17-11(4)10(3)8-18/h5-7,9-11,18H,8H2,1-4H3,(H,17,19). The highest BCUT2D eigenvalue weighted by Crippen LogP contribution is 2.24. The normalized spacial score (nSPS) is 13.9. The van der Waals surface area contributed by atoms with Gasteiger partial charge in [0.15, 0.2) is 0 Å². The maximum Gasteiger partial charge on any atom is 0.255 e. The lowest BCUT2D eigenvalue weighted by atomic mass is 10.0. The van der Waals surface area contributed by atoms with Gasteiger partial charge in [-0.25, -0.2) is 0 Å². The molecule has 1 rings (SSSR count). The summed E-state index contributed by atoms with van der Waals surface area (Å²) in [5.74, 6) is 0.231. The highest BCUT2D eigenvalue weighted by Gasteiger charge is 2.19. The van der Waals surface area contributed by atoms with Gasteiger partial charge >= 0.3 is 0 Å². The number of aliphatic hydroxyl groups is 1. The summed E-state index contributed by atoms with van der Waals surface area (Å²) in [5, 5.41) is 12.4. The Morgan fingerprint density at radius 1 is 1.35 bits per heavy atom. The van der Waals surface area contributed by atoms with Crippen molar-refractivity contribution < 1.29 is 14.6 Å². The van der Waals surface area contributed by atoms with Crippen LogP contribution in [0.3, 0.4) is 0 Å². The molecule has 0 saturated carbocycles. The lowest BCUT2D eigenvalue weighted by Crippen LogP contribution is -2.38. The van der Waals surface area contributed by atoms with Crippen LogP contribution in [-0.2, 0) is 0 Å². The van der Waals surface area contributed by atoms with Gasteiger partial charge in [0.1, 0.15) is 5.75 Å². The number of hydrogen-bond donors (Lipinski definition) is 2. The van der Waals surface area contributed by atoms with Crippen molar-refractivity contribution in [3.05, 3.63) is 28.8 Å². The van der Waals surface area contributed by atoms with E-state index < -0.39 is 0 Å². The van der Waals surface area contributed by atoms with Crippen LogP contribution in [0.4, 0.5) is 0 Å². The molecule has 0 heterocycles. The molecule has 1 aromatic rings. The van der Waals surface area contributed by atoms with E-state index >= 15 is 0 Å². The minimum absolute atomic E-state index is 0.0202. The first-order valence-corrected chi connectivity index (χ1v) is 7.10. The number of nitrogens with one attached hydrogen (secondary N) is 1. The molecule has 0 radical (unpaired) electrons. The minimum Gasteiger partial charge on any atom is -0.490 e. The van der Waals surface area contributed by atoms with E-state index in [0.29, 0.717) is 16.3 Å². The molecule has 0 aromatic heterocycles. The molecule has 0 aliphatic heterocycles. The summed E-state index contributed by atoms with van der Waals surface area (Å²) in [5.41, 5.74) is 0.406. The molecule has 0 saturated heterocycles. The van der Waals surface area contributed by atoms with Crippen LogP contribution in [-0.4, -0.2) is 29.8 Å². The molecule has 2 unspecified atom stereocenters. The van der Waals surface area contributed by atoms with Crippen molar-refractivity contribution in [3.8, 4) is 5.75 Å². The van der Waals surface area contributed by atoms with Crippen molar-refractivity contribution in [1.29, 1.82) is 0 Å². The molecule has 0 fully saturated rings. The highest BCUT2D eigenvalue weighted by molar-refractivity contribution is 6.31. The van der Waals surface area contributed by atoms with E-state index in [2.05, 4.69) is 5.32 Å². The number of carbonyl (C=O) groups excluding carboxylic acids is 1. The maximum absolute atomic E-state index is 12.3. The van der Waals surface area contributed by atoms with Crippen LogP contribution in [0.1, 0.15) is 38.1 Å². The van der Waals surface area contributed by atoms with Crippen LogP contribution >= 0.6 is 11.6 Å². The van der Waals surface area contributed by atoms with E-state index in [1.54, 1.807) is 18.2 Å². The van der Waals surface area contributed by atoms with Gasteiger partial charge in [0.25, 0.3) is 5.91 Å². The van der Waals surface area contributed by atoms with Gasteiger partial charge in [0.2, 0.25) is 0 Å². The molecule has 4 nitrogen and oxygen atoms in total. The molecule has 0 aliphatic carbocycles. The molecule has 0 aliphatic rings. The third-order valence-corrected chi connectivity index (χ3v) is 3.28. The van der Waals surface area contributed by atoms with Crippen molar-refractivity contribution >= 4 is 17.5 Å². The molecule has 5 heteroatoms. The zero-order chi connectivity index (χ0) is 15.3. The van der Waals surface area contributed by atoms with Crippen LogP contribution < -0.4 is 10.1 Å². The van der Waals surface area contributed by atoms with Gasteiger partial charge in [0, 0.05) is 17.7 Å². The molecule has 112 valence electrons. The van der Waals surface area contributed by atoms with E-state index in [1.807, 2.05) is 27.7 Å². The smallest absolute Gasteiger partial charge is 0.255 e. The number of aliphatic hydroxyl groups excluding tert-OH is 1. The molecule has 1 aromatic carbocycles. The first-order chi connectivity index (χ1) is 9.35. The molecule has 0 bridgehead atoms. The summed E-state index contributed by atoms with van der Waals surface area (Å²) in [6.07, 6.45) is -0.0310. The van der Waals surface area contributed by atoms with Crippen LogP contribution in [0, 0.1) is 5.92 Å². The summed E-state index contributed by atoms with van der Waals surface area (Å²) in [4.78, 5) is 12.3. The zero-order valence-electron chi connectivity index (χ0n) is 12.3. The summed E-state index contributed by atoms with van der Waals surface area (Å²) in [6.45, 7) is 7.53. The second-order valence-electron chi connectivity index (χ2n) is 5.23. The molecule has 20 heavy (non-hydrogen) atoms. The molecule has 1 amide bonds. The van der Waals surface area contributed by atoms with Gasteiger partial charge in [-0.3, -0.25) is 4.79 Å². The Labute approximate surface area is 125 Å². The highest BCUT2D eigenvalue weighted by atomic mass is 35.5. The quantitative estimate of drug-likeness (QED) is 0.849. The van der Waals surface area contributed by atoms with Crippen LogP contribution in [0.25, 0.3) is 0 Å². The van der Waals surface area contributed by atoms with Gasteiger partial charge in [-0.1, -0.05) is 18.5 Å². The van der Waals surface area contributed by atoms with Crippen LogP contribution in [0.5, 0.6) is 5.75 Å². The van der Waals surface area contributed by atoms with E-state index in [0.717, 1.165) is 0 Å². The van der Waals surface area contributed by atoms with Crippen molar-refractivity contribution in [1.82, 2.24) is 5.32 Å². The largest absolute Gasteiger partial charge is 0.490 e. The second-order valence-corrected chi connectivity index (χ2v) is 5.67. The molecular formula is C15H22ClNO3. The lowest BCUT2D eigenvalue weighted by molar-refractivity contribution is 0.0910. The molecular weight excluding hydrogens is 278 g/mol. The Bertz CT molecular complexity index is 462. The van der Waals surface area contributed by atoms with Gasteiger partial charge in [0.05, 0.1) is 11.7 Å². The predicted octanol–water partition coefficient (Wildman–Crippen LogP) is 2.87. The van der Waals surface area contributed by atoms with Crippen LogP contribution in [0.15, 0.2) is 18.2 Å². The summed E-state index contributed by atoms with van der Waals surface area (Å²) in [7, 11) is 0. The molecule has 2 N–H and O–H groups in total. The van der Waals surface area contributed by atoms with Crippen molar-refractivity contribution in [3.63, 3.8) is 0 Å². The number of amides is 1. The topological polar surface area (TPSA) is 58.6 Å². The lowest BCUT2D eigenvalue weighted by Gasteiger charge is -2.20. The monoisotopic (exact) mass is 299 g/mol. The van der Waals surface area contributed by atoms with Gasteiger partial charge in [-0.05, 0) is 44.9 Å². The second kappa shape index (κ2) is 7.50. The SMILES string of the molecule is CC(C)Oc1ccc(Cl)cc1C(=O)NC(C)C(C)CO. The number of hydrogen-bond acceptors (Lipinski definition) is 3. The first-order valence-electron chi connectivity index (χ1n) is 6.73. The van der Waals surface area contributed by atoms with E-state index in [1.165, 1.54) is 0 Å². The number of rotatable bonds is 6. The minimum atomic E-state index is -0.254. The van der Waals surface area contributed by atoms with E-state index in [9.17, 15) is 4.79 Å². The van der Waals surface area contributed by atoms with E-state index in [4.69, 9.17) is 21.4 Å². The fourth-order valence-corrected chi connectivity index (χ4v) is 1.79. The molecule has 2 atom stereocenters. The van der Waals surface area contributed by atoms with Gasteiger partial charge < -0.3 is 15.2 Å². The van der Waals surface area contributed by atoms with Gasteiger partial charge in [-0.2, -0.15) is 0 Å². The molecule has 0 spiro atoms. The third kappa shape index (κ3) is 4.69. The van der Waals surface area contributed by atoms with E-state index in [-0.39, 0.29) is 30.6 Å². The third-order valence-electron chi connectivity index (χ3n) is 3.05. The zero-order valence-corrected chi connectivity index (χ0v) is 13.1.